The maximum atomic E-state index is 15.7. The molecule has 2 aromatic heterocycles. The number of anilines is 2. The van der Waals surface area contributed by atoms with Gasteiger partial charge in [0.1, 0.15) is 23.7 Å². The van der Waals surface area contributed by atoms with Crippen molar-refractivity contribution in [2.75, 3.05) is 55.4 Å². The van der Waals surface area contributed by atoms with Gasteiger partial charge < -0.3 is 14.8 Å². The number of piperidine rings is 1. The Kier molecular flexibility index (Phi) is 10.8. The van der Waals surface area contributed by atoms with E-state index in [-0.39, 0.29) is 36.8 Å². The molecular formula is C44H39F3N8O6S. The van der Waals surface area contributed by atoms with Crippen molar-refractivity contribution in [3.05, 3.63) is 113 Å². The zero-order valence-corrected chi connectivity index (χ0v) is 33.9. The van der Waals surface area contributed by atoms with Crippen molar-refractivity contribution >= 4 is 56.1 Å². The van der Waals surface area contributed by atoms with Gasteiger partial charge >= 0.3 is 10.2 Å². The van der Waals surface area contributed by atoms with Crippen LogP contribution < -0.4 is 14.9 Å². The molecule has 3 N–H and O–H groups in total. The molecule has 18 heteroatoms. The second kappa shape index (κ2) is 16.4. The van der Waals surface area contributed by atoms with Crippen molar-refractivity contribution in [2.24, 2.45) is 0 Å². The van der Waals surface area contributed by atoms with Crippen LogP contribution in [-0.4, -0.2) is 114 Å². The van der Waals surface area contributed by atoms with Crippen LogP contribution in [0.5, 0.6) is 0 Å². The molecule has 5 aromatic rings. The quantitative estimate of drug-likeness (QED) is 0.111. The average Bonchev–Trinajstić information content (AvgIpc) is 3.99. The summed E-state index contributed by atoms with van der Waals surface area (Å²) in [4.78, 5) is 64.2. The van der Waals surface area contributed by atoms with Crippen LogP contribution in [0.15, 0.2) is 73.1 Å². The van der Waals surface area contributed by atoms with Crippen molar-refractivity contribution in [3.8, 4) is 23.0 Å². The van der Waals surface area contributed by atoms with Crippen LogP contribution in [0.3, 0.4) is 0 Å². The number of hydrogen-bond donors (Lipinski definition) is 3. The monoisotopic (exact) mass is 864 g/mol. The Labute approximate surface area is 354 Å². The van der Waals surface area contributed by atoms with Gasteiger partial charge in [0, 0.05) is 98.0 Å². The number of imide groups is 1. The first-order chi connectivity index (χ1) is 29.8. The third-order valence-corrected chi connectivity index (χ3v) is 13.3. The molecule has 4 aliphatic rings. The number of aromatic nitrogens is 2. The Hall–Kier alpha value is -6.55. The van der Waals surface area contributed by atoms with Gasteiger partial charge in [-0.25, -0.2) is 18.2 Å². The number of amides is 3. The summed E-state index contributed by atoms with van der Waals surface area (Å²) in [6, 6.07) is 15.9. The highest BCUT2D eigenvalue weighted by molar-refractivity contribution is 7.90. The van der Waals surface area contributed by atoms with Crippen molar-refractivity contribution in [2.45, 2.75) is 38.0 Å². The smallest absolute Gasteiger partial charge is 0.301 e. The predicted molar refractivity (Wildman–Crippen MR) is 223 cm³/mol. The largest absolute Gasteiger partial charge is 0.369 e. The van der Waals surface area contributed by atoms with E-state index < -0.39 is 63.5 Å². The second-order valence-corrected chi connectivity index (χ2v) is 17.3. The summed E-state index contributed by atoms with van der Waals surface area (Å²) in [6.07, 6.45) is 2.06. The predicted octanol–water partition coefficient (Wildman–Crippen LogP) is 4.37. The number of nitrogens with zero attached hydrogens (tertiary/aromatic N) is 5. The Morgan fingerprint density at radius 3 is 2.47 bits per heavy atom. The van der Waals surface area contributed by atoms with Crippen molar-refractivity contribution in [3.63, 3.8) is 0 Å². The molecule has 3 amide bonds. The molecule has 0 bridgehead atoms. The molecule has 0 spiro atoms. The molecule has 0 radical (unpaired) electrons. The number of aromatic amines is 1. The lowest BCUT2D eigenvalue weighted by molar-refractivity contribution is -0.136. The van der Waals surface area contributed by atoms with Gasteiger partial charge in [-0.3, -0.25) is 34.1 Å². The van der Waals surface area contributed by atoms with Gasteiger partial charge in [-0.15, -0.1) is 0 Å². The van der Waals surface area contributed by atoms with E-state index in [1.54, 1.807) is 17.2 Å². The molecule has 3 saturated heterocycles. The molecule has 1 unspecified atom stereocenters. The summed E-state index contributed by atoms with van der Waals surface area (Å²) in [6.45, 7) is 3.51. The molecule has 318 valence electrons. The number of ketones is 1. The van der Waals surface area contributed by atoms with E-state index in [2.05, 4.69) is 36.9 Å². The minimum Gasteiger partial charge on any atom is -0.369 e. The van der Waals surface area contributed by atoms with E-state index in [4.69, 9.17) is 0 Å². The van der Waals surface area contributed by atoms with Gasteiger partial charge in [-0.2, -0.15) is 12.7 Å². The van der Waals surface area contributed by atoms with Gasteiger partial charge in [0.25, 0.3) is 5.91 Å². The van der Waals surface area contributed by atoms with E-state index in [1.807, 2.05) is 47.2 Å². The highest BCUT2D eigenvalue weighted by Gasteiger charge is 2.39. The van der Waals surface area contributed by atoms with Gasteiger partial charge in [-0.1, -0.05) is 24.0 Å². The first-order valence-electron chi connectivity index (χ1n) is 20.1. The number of benzene rings is 3. The number of carbonyl (C=O) groups excluding carboxylic acids is 4. The zero-order valence-electron chi connectivity index (χ0n) is 33.1. The standard InChI is InChI=1S/C44H39F3N8O6S/c45-30-13-15-54(25-30)62(60,61)51-36-10-9-35(46)39(40(36)47)41(57)34-23-49-42-33(34)21-28(22-48-42)27-5-3-26(4-6-27)2-1-14-52-16-18-53(19-17-52)31-7-8-32-29(20-31)24-55(44(32)59)37-11-12-38(56)50-43(37)58/h3-10,20-23,30,37,51H,11-19,24-25H2,(H,48,49)(H,50,56,58)/t30-,37?/m1/s1. The Morgan fingerprint density at radius 1 is 0.935 bits per heavy atom. The van der Waals surface area contributed by atoms with Gasteiger partial charge in [0.15, 0.2) is 5.82 Å². The molecule has 62 heavy (non-hydrogen) atoms. The fourth-order valence-electron chi connectivity index (χ4n) is 8.35. The van der Waals surface area contributed by atoms with Crippen LogP contribution in [-0.2, 0) is 26.3 Å². The number of rotatable bonds is 9. The van der Waals surface area contributed by atoms with Crippen molar-refractivity contribution in [1.29, 1.82) is 0 Å². The third-order valence-electron chi connectivity index (χ3n) is 11.8. The summed E-state index contributed by atoms with van der Waals surface area (Å²) in [5.74, 6) is 1.92. The lowest BCUT2D eigenvalue weighted by atomic mass is 9.99. The lowest BCUT2D eigenvalue weighted by Gasteiger charge is -2.35. The van der Waals surface area contributed by atoms with E-state index in [1.165, 1.54) is 6.20 Å². The Morgan fingerprint density at radius 2 is 1.73 bits per heavy atom. The highest BCUT2D eigenvalue weighted by Crippen LogP contribution is 2.33. The number of nitrogens with one attached hydrogen (secondary N) is 3. The van der Waals surface area contributed by atoms with Gasteiger partial charge in [0.2, 0.25) is 17.6 Å². The molecule has 3 aromatic carbocycles. The molecule has 2 atom stereocenters. The maximum Gasteiger partial charge on any atom is 0.301 e. The van der Waals surface area contributed by atoms with Gasteiger partial charge in [-0.05, 0) is 72.5 Å². The average molecular weight is 865 g/mol. The number of halogens is 3. The number of piperazine rings is 1. The van der Waals surface area contributed by atoms with E-state index >= 15 is 8.78 Å². The van der Waals surface area contributed by atoms with Crippen LogP contribution in [0.25, 0.3) is 22.2 Å². The summed E-state index contributed by atoms with van der Waals surface area (Å²) >= 11 is 0. The molecule has 4 aliphatic heterocycles. The van der Waals surface area contributed by atoms with E-state index in [0.29, 0.717) is 41.7 Å². The van der Waals surface area contributed by atoms with Gasteiger partial charge in [0.05, 0.1) is 17.8 Å². The van der Waals surface area contributed by atoms with Crippen LogP contribution in [0, 0.1) is 23.5 Å². The van der Waals surface area contributed by atoms with Crippen molar-refractivity contribution in [1.82, 2.24) is 29.4 Å². The minimum atomic E-state index is -4.36. The number of alkyl halides is 1. The molecule has 9 rings (SSSR count). The summed E-state index contributed by atoms with van der Waals surface area (Å²) in [7, 11) is -4.36. The van der Waals surface area contributed by atoms with E-state index in [9.17, 15) is 32.0 Å². The lowest BCUT2D eigenvalue weighted by Crippen LogP contribution is -2.52. The third kappa shape index (κ3) is 7.90. The molecular weight excluding hydrogens is 826 g/mol. The highest BCUT2D eigenvalue weighted by atomic mass is 32.2. The summed E-state index contributed by atoms with van der Waals surface area (Å²) in [5.41, 5.74) is 3.27. The second-order valence-electron chi connectivity index (χ2n) is 15.7. The van der Waals surface area contributed by atoms with Crippen molar-refractivity contribution < 1.29 is 40.8 Å². The number of carbonyl (C=O) groups is 4. The van der Waals surface area contributed by atoms with Crippen LogP contribution >= 0.6 is 0 Å². The summed E-state index contributed by atoms with van der Waals surface area (Å²) < 4.78 is 72.8. The first kappa shape index (κ1) is 40.8. The number of H-pyrrole nitrogens is 1. The van der Waals surface area contributed by atoms with Crippen LogP contribution in [0.4, 0.5) is 24.5 Å². The molecule has 14 nitrogen and oxygen atoms in total. The SMILES string of the molecule is O=C1CCC(N2Cc3cc(N4CCN(CC#Cc5ccc(-c6cnc7[nH]cc(C(=O)c8c(F)ccc(NS(=O)(=O)N9CC[C@@H](F)C9)c8F)c7c6)cc5)CC4)ccc3C2=O)C(=O)N1. The van der Waals surface area contributed by atoms with Crippen LogP contribution in [0.1, 0.15) is 56.7 Å². The number of pyridine rings is 1. The Balaban J connectivity index is 0.818. The minimum absolute atomic E-state index is 0.00381. The maximum absolute atomic E-state index is 15.7. The molecule has 6 heterocycles. The molecule has 0 aliphatic carbocycles. The first-order valence-corrected chi connectivity index (χ1v) is 21.5. The molecule has 3 fully saturated rings. The molecule has 0 saturated carbocycles. The zero-order chi connectivity index (χ0) is 43.3. The van der Waals surface area contributed by atoms with Crippen LogP contribution in [0.2, 0.25) is 0 Å². The summed E-state index contributed by atoms with van der Waals surface area (Å²) in [5, 5.41) is 2.64. The fraction of sp³-hybridized carbons (Fsp3) is 0.295. The number of hydrogen-bond acceptors (Lipinski definition) is 9. The normalized spacial score (nSPS) is 19.7. The number of fused-ring (bicyclic) bond motifs is 2. The van der Waals surface area contributed by atoms with E-state index in [0.717, 1.165) is 65.0 Å². The topological polar surface area (TPSA) is 168 Å². The Bertz CT molecular complexity index is 2830. The fourth-order valence-corrected chi connectivity index (χ4v) is 9.62.